The molecule has 1 aliphatic heterocycles. The first-order chi connectivity index (χ1) is 8.11. The Bertz CT molecular complexity index is 506. The molecule has 0 saturated carbocycles. The van der Waals surface area contributed by atoms with Crippen LogP contribution in [0.1, 0.15) is 5.56 Å². The third-order valence-corrected chi connectivity index (χ3v) is 2.62. The summed E-state index contributed by atoms with van der Waals surface area (Å²) in [5.74, 6) is 0. The zero-order chi connectivity index (χ0) is 12.4. The molecule has 1 aliphatic rings. The van der Waals surface area contributed by atoms with Crippen LogP contribution in [0, 0.1) is 11.3 Å². The SMILES string of the molecule is N#Cc1ccc(N2CC(C(=O)Cl)OC2=O)cc1. The molecule has 0 aliphatic carbocycles. The number of hydrogen-bond donors (Lipinski definition) is 0. The van der Waals surface area contributed by atoms with Crippen molar-refractivity contribution in [3.8, 4) is 6.07 Å². The first-order valence-corrected chi connectivity index (χ1v) is 5.17. The summed E-state index contributed by atoms with van der Waals surface area (Å²) in [6.07, 6.45) is -1.55. The summed E-state index contributed by atoms with van der Waals surface area (Å²) in [6, 6.07) is 8.36. The highest BCUT2D eigenvalue weighted by Crippen LogP contribution is 2.22. The molecule has 0 aromatic heterocycles. The molecule has 0 N–H and O–H groups in total. The Morgan fingerprint density at radius 1 is 1.47 bits per heavy atom. The van der Waals surface area contributed by atoms with Crippen LogP contribution < -0.4 is 4.90 Å². The van der Waals surface area contributed by atoms with Gasteiger partial charge >= 0.3 is 6.09 Å². The van der Waals surface area contributed by atoms with E-state index in [2.05, 4.69) is 0 Å². The third kappa shape index (κ3) is 2.22. The summed E-state index contributed by atoms with van der Waals surface area (Å²) in [5, 5.41) is 7.94. The van der Waals surface area contributed by atoms with Crippen molar-refractivity contribution >= 4 is 28.6 Å². The van der Waals surface area contributed by atoms with Gasteiger partial charge in [0.15, 0.2) is 6.10 Å². The van der Waals surface area contributed by atoms with Gasteiger partial charge in [-0.15, -0.1) is 0 Å². The molecule has 0 bridgehead atoms. The lowest BCUT2D eigenvalue weighted by molar-refractivity contribution is -0.117. The van der Waals surface area contributed by atoms with Crippen molar-refractivity contribution in [3.05, 3.63) is 29.8 Å². The van der Waals surface area contributed by atoms with E-state index in [4.69, 9.17) is 21.6 Å². The van der Waals surface area contributed by atoms with Gasteiger partial charge < -0.3 is 4.74 Å². The van der Waals surface area contributed by atoms with Gasteiger partial charge in [-0.25, -0.2) is 4.79 Å². The maximum atomic E-state index is 11.5. The summed E-state index contributed by atoms with van der Waals surface area (Å²) in [5.41, 5.74) is 1.06. The Kier molecular flexibility index (Phi) is 2.98. The van der Waals surface area contributed by atoms with E-state index in [0.717, 1.165) is 0 Å². The lowest BCUT2D eigenvalue weighted by Crippen LogP contribution is -2.25. The van der Waals surface area contributed by atoms with E-state index in [1.165, 1.54) is 4.90 Å². The second-order valence-corrected chi connectivity index (χ2v) is 3.82. The number of amides is 1. The van der Waals surface area contributed by atoms with Crippen molar-refractivity contribution in [1.29, 1.82) is 5.26 Å². The minimum absolute atomic E-state index is 0.0903. The number of benzene rings is 1. The molecule has 5 nitrogen and oxygen atoms in total. The number of anilines is 1. The summed E-state index contributed by atoms with van der Waals surface area (Å²) in [4.78, 5) is 23.7. The van der Waals surface area contributed by atoms with Gasteiger partial charge in [-0.1, -0.05) is 0 Å². The Hall–Kier alpha value is -2.06. The second-order valence-electron chi connectivity index (χ2n) is 3.45. The summed E-state index contributed by atoms with van der Waals surface area (Å²) >= 11 is 5.26. The number of ether oxygens (including phenoxy) is 1. The van der Waals surface area contributed by atoms with E-state index in [9.17, 15) is 9.59 Å². The monoisotopic (exact) mass is 250 g/mol. The topological polar surface area (TPSA) is 70.4 Å². The lowest BCUT2D eigenvalue weighted by Gasteiger charge is -2.11. The summed E-state index contributed by atoms with van der Waals surface area (Å²) < 4.78 is 4.79. The quantitative estimate of drug-likeness (QED) is 0.749. The molecule has 6 heteroatoms. The van der Waals surface area contributed by atoms with Gasteiger partial charge in [-0.3, -0.25) is 9.69 Å². The van der Waals surface area contributed by atoms with Crippen molar-refractivity contribution in [1.82, 2.24) is 0 Å². The Balaban J connectivity index is 2.20. The van der Waals surface area contributed by atoms with Crippen LogP contribution in [-0.4, -0.2) is 24.0 Å². The first-order valence-electron chi connectivity index (χ1n) is 4.79. The Labute approximate surface area is 102 Å². The van der Waals surface area contributed by atoms with Crippen molar-refractivity contribution in [2.24, 2.45) is 0 Å². The standard InChI is InChI=1S/C11H7ClN2O3/c12-10(15)9-6-14(11(16)17-9)8-3-1-7(5-13)2-4-8/h1-4,9H,6H2. The van der Waals surface area contributed by atoms with Gasteiger partial charge in [0.25, 0.3) is 5.24 Å². The molecule has 1 aromatic carbocycles. The molecule has 1 heterocycles. The maximum absolute atomic E-state index is 11.5. The number of rotatable bonds is 2. The smallest absolute Gasteiger partial charge is 0.415 e. The normalized spacial score (nSPS) is 18.7. The van der Waals surface area contributed by atoms with Crippen LogP contribution in [-0.2, 0) is 9.53 Å². The minimum Gasteiger partial charge on any atom is -0.434 e. The second kappa shape index (κ2) is 4.44. The van der Waals surface area contributed by atoms with Crippen molar-refractivity contribution in [2.75, 3.05) is 11.4 Å². The van der Waals surface area contributed by atoms with Crippen LogP contribution in [0.3, 0.4) is 0 Å². The fourth-order valence-corrected chi connectivity index (χ4v) is 1.62. The number of carbonyl (C=O) groups is 2. The maximum Gasteiger partial charge on any atom is 0.415 e. The molecule has 1 fully saturated rings. The number of nitrogens with zero attached hydrogens (tertiary/aromatic N) is 2. The predicted molar refractivity (Wildman–Crippen MR) is 59.6 cm³/mol. The van der Waals surface area contributed by atoms with Gasteiger partial charge in [0.2, 0.25) is 0 Å². The number of nitriles is 1. The number of carbonyl (C=O) groups excluding carboxylic acids is 2. The molecule has 1 aromatic rings. The predicted octanol–water partition coefficient (Wildman–Crippen LogP) is 1.65. The van der Waals surface area contributed by atoms with Crippen LogP contribution >= 0.6 is 11.6 Å². The highest BCUT2D eigenvalue weighted by Gasteiger charge is 2.36. The fraction of sp³-hybridized carbons (Fsp3) is 0.182. The number of cyclic esters (lactones) is 1. The van der Waals surface area contributed by atoms with Crippen molar-refractivity contribution in [3.63, 3.8) is 0 Å². The van der Waals surface area contributed by atoms with Gasteiger partial charge in [0.05, 0.1) is 18.2 Å². The number of halogens is 1. The van der Waals surface area contributed by atoms with Crippen LogP contribution in [0.2, 0.25) is 0 Å². The molecule has 2 rings (SSSR count). The molecule has 1 atom stereocenters. The van der Waals surface area contributed by atoms with Crippen LogP contribution in [0.15, 0.2) is 24.3 Å². The first kappa shape index (κ1) is 11.4. The summed E-state index contributed by atoms with van der Waals surface area (Å²) in [6.45, 7) is 0.0903. The van der Waals surface area contributed by atoms with E-state index in [1.807, 2.05) is 6.07 Å². The Morgan fingerprint density at radius 3 is 2.59 bits per heavy atom. The van der Waals surface area contributed by atoms with Crippen LogP contribution in [0.5, 0.6) is 0 Å². The third-order valence-electron chi connectivity index (χ3n) is 2.37. The molecule has 0 spiro atoms. The molecule has 1 saturated heterocycles. The van der Waals surface area contributed by atoms with Crippen LogP contribution in [0.25, 0.3) is 0 Å². The number of hydrogen-bond acceptors (Lipinski definition) is 4. The van der Waals surface area contributed by atoms with Crippen LogP contribution in [0.4, 0.5) is 10.5 Å². The highest BCUT2D eigenvalue weighted by molar-refractivity contribution is 6.64. The van der Waals surface area contributed by atoms with E-state index in [1.54, 1.807) is 24.3 Å². The molecular weight excluding hydrogens is 244 g/mol. The van der Waals surface area contributed by atoms with Gasteiger partial charge in [0.1, 0.15) is 0 Å². The Morgan fingerprint density at radius 2 is 2.12 bits per heavy atom. The zero-order valence-electron chi connectivity index (χ0n) is 8.59. The zero-order valence-corrected chi connectivity index (χ0v) is 9.35. The molecule has 86 valence electrons. The van der Waals surface area contributed by atoms with E-state index >= 15 is 0 Å². The fourth-order valence-electron chi connectivity index (χ4n) is 1.51. The lowest BCUT2D eigenvalue weighted by atomic mass is 10.2. The molecule has 1 amide bonds. The van der Waals surface area contributed by atoms with E-state index in [0.29, 0.717) is 11.3 Å². The average Bonchev–Trinajstić information content (AvgIpc) is 2.72. The van der Waals surface area contributed by atoms with Gasteiger partial charge in [-0.2, -0.15) is 5.26 Å². The van der Waals surface area contributed by atoms with E-state index in [-0.39, 0.29) is 6.54 Å². The summed E-state index contributed by atoms with van der Waals surface area (Å²) in [7, 11) is 0. The molecule has 17 heavy (non-hydrogen) atoms. The molecule has 0 radical (unpaired) electrons. The van der Waals surface area contributed by atoms with Gasteiger partial charge in [-0.05, 0) is 35.9 Å². The van der Waals surface area contributed by atoms with Gasteiger partial charge in [0, 0.05) is 5.69 Å². The van der Waals surface area contributed by atoms with Crippen molar-refractivity contribution in [2.45, 2.75) is 6.10 Å². The molecule has 1 unspecified atom stereocenters. The highest BCUT2D eigenvalue weighted by atomic mass is 35.5. The minimum atomic E-state index is -0.931. The molecular formula is C11H7ClN2O3. The average molecular weight is 251 g/mol. The van der Waals surface area contributed by atoms with E-state index < -0.39 is 17.4 Å². The van der Waals surface area contributed by atoms with Crippen molar-refractivity contribution < 1.29 is 14.3 Å². The largest absolute Gasteiger partial charge is 0.434 e.